The van der Waals surface area contributed by atoms with E-state index in [2.05, 4.69) is 5.32 Å². The van der Waals surface area contributed by atoms with Crippen LogP contribution in [0.3, 0.4) is 0 Å². The molecule has 0 heterocycles. The molecule has 0 spiro atoms. The second-order valence-corrected chi connectivity index (χ2v) is 6.19. The highest BCUT2D eigenvalue weighted by molar-refractivity contribution is 5.87. The molecule has 2 rings (SSSR count). The summed E-state index contributed by atoms with van der Waals surface area (Å²) in [6, 6.07) is 11.0. The van der Waals surface area contributed by atoms with Gasteiger partial charge >= 0.3 is 12.3 Å². The van der Waals surface area contributed by atoms with Crippen molar-refractivity contribution in [2.24, 2.45) is 0 Å². The zero-order valence-corrected chi connectivity index (χ0v) is 14.7. The topological polar surface area (TPSA) is 66.4 Å². The van der Waals surface area contributed by atoms with E-state index in [0.29, 0.717) is 12.0 Å². The smallest absolute Gasteiger partial charge is 0.416 e. The molecule has 0 aliphatic rings. The van der Waals surface area contributed by atoms with Gasteiger partial charge in [-0.15, -0.1) is 0 Å². The zero-order valence-electron chi connectivity index (χ0n) is 14.7. The summed E-state index contributed by atoms with van der Waals surface area (Å²) < 4.78 is 37.9. The number of Topliss-reactive ketones (excluding diaryl/α,β-unsaturated/α-hetero) is 1. The molecule has 0 aliphatic carbocycles. The molecule has 0 saturated heterocycles. The van der Waals surface area contributed by atoms with Gasteiger partial charge in [-0.1, -0.05) is 43.3 Å². The molecule has 0 fully saturated rings. The number of rotatable bonds is 7. The van der Waals surface area contributed by atoms with Crippen LogP contribution in [-0.2, 0) is 17.4 Å². The number of halogens is 3. The fraction of sp³-hybridized carbons (Fsp3) is 0.300. The molecule has 1 atom stereocenters. The SMILES string of the molecule is CCCC(=O)C(Cc1ccc(-c2ccc(C(F)(F)F)cc2)cc1)NC(=O)O. The van der Waals surface area contributed by atoms with Crippen molar-refractivity contribution in [3.8, 4) is 11.1 Å². The van der Waals surface area contributed by atoms with Gasteiger partial charge in [0.25, 0.3) is 0 Å². The first kappa shape index (κ1) is 20.5. The van der Waals surface area contributed by atoms with E-state index >= 15 is 0 Å². The van der Waals surface area contributed by atoms with Crippen molar-refractivity contribution in [2.75, 3.05) is 0 Å². The molecule has 0 aromatic heterocycles. The second kappa shape index (κ2) is 8.70. The Balaban J connectivity index is 2.13. The van der Waals surface area contributed by atoms with Crippen LogP contribution in [0.1, 0.15) is 30.9 Å². The largest absolute Gasteiger partial charge is 0.465 e. The normalized spacial score (nSPS) is 12.4. The van der Waals surface area contributed by atoms with Gasteiger partial charge in [0.15, 0.2) is 5.78 Å². The highest BCUT2D eigenvalue weighted by Crippen LogP contribution is 2.31. The van der Waals surface area contributed by atoms with Gasteiger partial charge in [0.1, 0.15) is 0 Å². The van der Waals surface area contributed by atoms with Crippen LogP contribution in [0.4, 0.5) is 18.0 Å². The predicted molar refractivity (Wildman–Crippen MR) is 95.4 cm³/mol. The first-order valence-electron chi connectivity index (χ1n) is 8.49. The molecule has 1 amide bonds. The Bertz CT molecular complexity index is 784. The lowest BCUT2D eigenvalue weighted by molar-refractivity contribution is -0.137. The van der Waals surface area contributed by atoms with Gasteiger partial charge in [-0.25, -0.2) is 4.79 Å². The Morgan fingerprint density at radius 1 is 1.00 bits per heavy atom. The maximum absolute atomic E-state index is 12.6. The van der Waals surface area contributed by atoms with Gasteiger partial charge < -0.3 is 10.4 Å². The number of carbonyl (C=O) groups excluding carboxylic acids is 1. The third-order valence-electron chi connectivity index (χ3n) is 4.12. The van der Waals surface area contributed by atoms with Crippen LogP contribution in [0, 0.1) is 0 Å². The number of carbonyl (C=O) groups is 2. The maximum atomic E-state index is 12.6. The molecule has 0 bridgehead atoms. The number of hydrogen-bond donors (Lipinski definition) is 2. The second-order valence-electron chi connectivity index (χ2n) is 6.19. The molecule has 2 N–H and O–H groups in total. The van der Waals surface area contributed by atoms with Gasteiger partial charge in [0, 0.05) is 6.42 Å². The first-order valence-corrected chi connectivity index (χ1v) is 8.49. The molecule has 144 valence electrons. The molecule has 2 aromatic rings. The Kier molecular flexibility index (Phi) is 6.60. The Morgan fingerprint density at radius 2 is 1.52 bits per heavy atom. The summed E-state index contributed by atoms with van der Waals surface area (Å²) >= 11 is 0. The summed E-state index contributed by atoms with van der Waals surface area (Å²) in [6.07, 6.45) is -4.50. The van der Waals surface area contributed by atoms with Gasteiger partial charge in [-0.3, -0.25) is 4.79 Å². The third-order valence-corrected chi connectivity index (χ3v) is 4.12. The van der Waals surface area contributed by atoms with Crippen LogP contribution < -0.4 is 5.32 Å². The van der Waals surface area contributed by atoms with Crippen molar-refractivity contribution in [2.45, 2.75) is 38.4 Å². The van der Waals surface area contributed by atoms with Crippen molar-refractivity contribution in [1.82, 2.24) is 5.32 Å². The standard InChI is InChI=1S/C20H20F3NO3/c1-2-3-18(25)17(24-19(26)27)12-13-4-6-14(7-5-13)15-8-10-16(11-9-15)20(21,22)23/h4-11,17,24H,2-3,12H2,1H3,(H,26,27). The minimum Gasteiger partial charge on any atom is -0.465 e. The van der Waals surface area contributed by atoms with Crippen molar-refractivity contribution >= 4 is 11.9 Å². The van der Waals surface area contributed by atoms with E-state index < -0.39 is 23.9 Å². The van der Waals surface area contributed by atoms with Crippen molar-refractivity contribution < 1.29 is 27.9 Å². The summed E-state index contributed by atoms with van der Waals surface area (Å²) in [6.45, 7) is 1.84. The fourth-order valence-electron chi connectivity index (χ4n) is 2.74. The lowest BCUT2D eigenvalue weighted by Gasteiger charge is -2.16. The zero-order chi connectivity index (χ0) is 20.0. The minimum atomic E-state index is -4.38. The van der Waals surface area contributed by atoms with E-state index in [1.165, 1.54) is 12.1 Å². The molecule has 27 heavy (non-hydrogen) atoms. The molecular weight excluding hydrogens is 359 g/mol. The number of hydrogen-bond acceptors (Lipinski definition) is 2. The van der Waals surface area contributed by atoms with Crippen LogP contribution in [0.5, 0.6) is 0 Å². The number of carboxylic acid groups (broad SMARTS) is 1. The highest BCUT2D eigenvalue weighted by Gasteiger charge is 2.30. The Labute approximate surface area is 155 Å². The number of benzene rings is 2. The molecule has 7 heteroatoms. The van der Waals surface area contributed by atoms with Crippen molar-refractivity contribution in [1.29, 1.82) is 0 Å². The van der Waals surface area contributed by atoms with Crippen molar-refractivity contribution in [3.63, 3.8) is 0 Å². The molecule has 4 nitrogen and oxygen atoms in total. The summed E-state index contributed by atoms with van der Waals surface area (Å²) in [4.78, 5) is 23.0. The van der Waals surface area contributed by atoms with Gasteiger partial charge in [0.05, 0.1) is 11.6 Å². The summed E-state index contributed by atoms with van der Waals surface area (Å²) in [5.74, 6) is -0.174. The Morgan fingerprint density at radius 3 is 1.96 bits per heavy atom. The predicted octanol–water partition coefficient (Wildman–Crippen LogP) is 4.92. The summed E-state index contributed by atoms with van der Waals surface area (Å²) in [7, 11) is 0. The average molecular weight is 379 g/mol. The van der Waals surface area contributed by atoms with Gasteiger partial charge in [-0.2, -0.15) is 13.2 Å². The first-order chi connectivity index (χ1) is 12.7. The molecule has 0 aliphatic heterocycles. The molecule has 2 aromatic carbocycles. The average Bonchev–Trinajstić information content (AvgIpc) is 2.61. The van der Waals surface area contributed by atoms with E-state index in [-0.39, 0.29) is 18.6 Å². The highest BCUT2D eigenvalue weighted by atomic mass is 19.4. The number of ketones is 1. The number of alkyl halides is 3. The molecule has 1 unspecified atom stereocenters. The quantitative estimate of drug-likeness (QED) is 0.718. The van der Waals surface area contributed by atoms with Crippen LogP contribution >= 0.6 is 0 Å². The third kappa shape index (κ3) is 5.84. The Hall–Kier alpha value is -2.83. The van der Waals surface area contributed by atoms with E-state index in [0.717, 1.165) is 23.3 Å². The maximum Gasteiger partial charge on any atom is 0.416 e. The van der Waals surface area contributed by atoms with E-state index in [1.54, 1.807) is 24.3 Å². The van der Waals surface area contributed by atoms with Crippen LogP contribution in [0.2, 0.25) is 0 Å². The van der Waals surface area contributed by atoms with E-state index in [9.17, 15) is 22.8 Å². The summed E-state index contributed by atoms with van der Waals surface area (Å²) in [5.41, 5.74) is 1.42. The van der Waals surface area contributed by atoms with Crippen LogP contribution in [0.15, 0.2) is 48.5 Å². The van der Waals surface area contributed by atoms with Crippen LogP contribution in [-0.4, -0.2) is 23.0 Å². The monoisotopic (exact) mass is 379 g/mol. The fourth-order valence-corrected chi connectivity index (χ4v) is 2.74. The van der Waals surface area contributed by atoms with Crippen molar-refractivity contribution in [3.05, 3.63) is 59.7 Å². The summed E-state index contributed by atoms with van der Waals surface area (Å²) in [5, 5.41) is 11.1. The molecular formula is C20H20F3NO3. The van der Waals surface area contributed by atoms with E-state index in [1.807, 2.05) is 6.92 Å². The van der Waals surface area contributed by atoms with Crippen LogP contribution in [0.25, 0.3) is 11.1 Å². The lowest BCUT2D eigenvalue weighted by atomic mass is 9.97. The minimum absolute atomic E-state index is 0.174. The van der Waals surface area contributed by atoms with Gasteiger partial charge in [0.2, 0.25) is 0 Å². The number of amides is 1. The molecule has 0 radical (unpaired) electrons. The van der Waals surface area contributed by atoms with E-state index in [4.69, 9.17) is 5.11 Å². The van der Waals surface area contributed by atoms with Gasteiger partial charge in [-0.05, 0) is 41.7 Å². The number of nitrogens with one attached hydrogen (secondary N) is 1. The molecule has 0 saturated carbocycles. The lowest BCUT2D eigenvalue weighted by Crippen LogP contribution is -2.41.